The Hall–Kier alpha value is -2.80. The number of sulfonamides is 1. The highest BCUT2D eigenvalue weighted by Crippen LogP contribution is 2.37. The lowest BCUT2D eigenvalue weighted by atomic mass is 10.1. The van der Waals surface area contributed by atoms with Gasteiger partial charge in [0.25, 0.3) is 5.91 Å². The molecule has 0 heterocycles. The smallest absolute Gasteiger partial charge is 0.416 e. The van der Waals surface area contributed by atoms with Crippen LogP contribution in [0.1, 0.15) is 30.5 Å². The average molecular weight is 512 g/mol. The zero-order valence-corrected chi connectivity index (χ0v) is 19.1. The topological polar surface area (TPSA) is 84.5 Å². The summed E-state index contributed by atoms with van der Waals surface area (Å²) in [5, 5.41) is 1.95. The highest BCUT2D eigenvalue weighted by molar-refractivity contribution is 7.89. The van der Waals surface area contributed by atoms with Crippen molar-refractivity contribution in [3.63, 3.8) is 0 Å². The number of benzene rings is 2. The van der Waals surface area contributed by atoms with E-state index in [1.54, 1.807) is 0 Å². The maximum Gasteiger partial charge on any atom is 0.416 e. The third kappa shape index (κ3) is 7.62. The van der Waals surface area contributed by atoms with Gasteiger partial charge < -0.3 is 10.1 Å². The first-order valence-electron chi connectivity index (χ1n) is 9.81. The molecule has 0 radical (unpaired) electrons. The lowest BCUT2D eigenvalue weighted by Gasteiger charge is -2.15. The van der Waals surface area contributed by atoms with Crippen LogP contribution in [0.4, 0.5) is 32.0 Å². The van der Waals surface area contributed by atoms with E-state index in [4.69, 9.17) is 4.74 Å². The van der Waals surface area contributed by atoms with E-state index in [0.29, 0.717) is 17.7 Å². The number of alkyl halides is 6. The molecule has 6 nitrogen and oxygen atoms in total. The van der Waals surface area contributed by atoms with Crippen molar-refractivity contribution in [3.05, 3.63) is 53.1 Å². The van der Waals surface area contributed by atoms with Gasteiger partial charge in [-0.1, -0.05) is 13.8 Å². The highest BCUT2D eigenvalue weighted by Gasteiger charge is 2.37. The van der Waals surface area contributed by atoms with Crippen LogP contribution >= 0.6 is 0 Å². The Balaban J connectivity index is 2.12. The Morgan fingerprint density at radius 1 is 0.971 bits per heavy atom. The number of halogens is 6. The summed E-state index contributed by atoms with van der Waals surface area (Å²) < 4.78 is 110. The van der Waals surface area contributed by atoms with E-state index in [1.165, 1.54) is 25.1 Å². The molecule has 2 aromatic carbocycles. The van der Waals surface area contributed by atoms with Crippen molar-refractivity contribution >= 4 is 21.6 Å². The predicted octanol–water partition coefficient (Wildman–Crippen LogP) is 4.98. The van der Waals surface area contributed by atoms with Crippen LogP contribution in [0.3, 0.4) is 0 Å². The van der Waals surface area contributed by atoms with E-state index in [0.717, 1.165) is 0 Å². The van der Waals surface area contributed by atoms with Crippen LogP contribution in [0.2, 0.25) is 0 Å². The second-order valence-electron chi connectivity index (χ2n) is 7.80. The molecule has 0 aliphatic carbocycles. The predicted molar refractivity (Wildman–Crippen MR) is 112 cm³/mol. The van der Waals surface area contributed by atoms with Crippen molar-refractivity contribution < 1.29 is 44.3 Å². The summed E-state index contributed by atoms with van der Waals surface area (Å²) in [7, 11) is -3.77. The third-order valence-corrected chi connectivity index (χ3v) is 5.79. The maximum atomic E-state index is 12.9. The number of aryl methyl sites for hydroxylation is 1. The second-order valence-corrected chi connectivity index (χ2v) is 9.57. The van der Waals surface area contributed by atoms with Gasteiger partial charge in [-0.05, 0) is 54.8 Å². The van der Waals surface area contributed by atoms with Gasteiger partial charge in [-0.15, -0.1) is 0 Å². The molecule has 34 heavy (non-hydrogen) atoms. The molecular formula is C21H22F6N2O4S. The number of carbonyl (C=O) groups is 1. The maximum absolute atomic E-state index is 12.9. The van der Waals surface area contributed by atoms with Crippen LogP contribution in [-0.2, 0) is 27.2 Å². The summed E-state index contributed by atoms with van der Waals surface area (Å²) in [5.41, 5.74) is -3.50. The molecule has 2 N–H and O–H groups in total. The fourth-order valence-corrected chi connectivity index (χ4v) is 3.98. The molecule has 1 amide bonds. The first kappa shape index (κ1) is 27.4. The van der Waals surface area contributed by atoms with Gasteiger partial charge in [-0.3, -0.25) is 4.79 Å². The fraction of sp³-hybridized carbons (Fsp3) is 0.381. The highest BCUT2D eigenvalue weighted by atomic mass is 32.2. The van der Waals surface area contributed by atoms with Crippen LogP contribution in [0.15, 0.2) is 41.3 Å². The van der Waals surface area contributed by atoms with E-state index in [-0.39, 0.29) is 29.2 Å². The molecule has 2 rings (SSSR count). The van der Waals surface area contributed by atoms with Crippen molar-refractivity contribution in [2.45, 2.75) is 38.0 Å². The molecule has 188 valence electrons. The molecule has 0 unspecified atom stereocenters. The van der Waals surface area contributed by atoms with Gasteiger partial charge in [-0.25, -0.2) is 13.1 Å². The largest absolute Gasteiger partial charge is 0.483 e. The van der Waals surface area contributed by atoms with Gasteiger partial charge in [0.2, 0.25) is 10.0 Å². The van der Waals surface area contributed by atoms with Crippen LogP contribution in [0, 0.1) is 12.8 Å². The van der Waals surface area contributed by atoms with E-state index >= 15 is 0 Å². The molecule has 0 atom stereocenters. The molecule has 13 heteroatoms. The van der Waals surface area contributed by atoms with Crippen molar-refractivity contribution in [1.82, 2.24) is 4.72 Å². The molecule has 0 aliphatic heterocycles. The number of amides is 1. The number of anilines is 1. The third-order valence-electron chi connectivity index (χ3n) is 4.37. The van der Waals surface area contributed by atoms with Crippen LogP contribution in [-0.4, -0.2) is 27.5 Å². The average Bonchev–Trinajstić information content (AvgIpc) is 2.70. The van der Waals surface area contributed by atoms with Crippen molar-refractivity contribution in [1.29, 1.82) is 0 Å². The Kier molecular flexibility index (Phi) is 8.25. The van der Waals surface area contributed by atoms with Crippen LogP contribution in [0.5, 0.6) is 5.75 Å². The number of hydrogen-bond acceptors (Lipinski definition) is 4. The zero-order chi connectivity index (χ0) is 25.9. The van der Waals surface area contributed by atoms with Crippen molar-refractivity contribution in [3.8, 4) is 5.75 Å². The molecule has 0 aliphatic rings. The van der Waals surface area contributed by atoms with Crippen LogP contribution < -0.4 is 14.8 Å². The van der Waals surface area contributed by atoms with E-state index in [9.17, 15) is 39.6 Å². The summed E-state index contributed by atoms with van der Waals surface area (Å²) in [6.07, 6.45) is -10.1. The van der Waals surface area contributed by atoms with Gasteiger partial charge in [0.1, 0.15) is 5.75 Å². The Bertz CT molecular complexity index is 1110. The first-order chi connectivity index (χ1) is 15.5. The number of ether oxygens (including phenoxy) is 1. The molecule has 0 aromatic heterocycles. The number of carbonyl (C=O) groups excluding carboxylic acids is 1. The number of nitrogens with one attached hydrogen (secondary N) is 2. The molecule has 2 aromatic rings. The normalized spacial score (nSPS) is 12.6. The van der Waals surface area contributed by atoms with E-state index in [1.807, 2.05) is 19.2 Å². The summed E-state index contributed by atoms with van der Waals surface area (Å²) in [5.74, 6) is -0.818. The van der Waals surface area contributed by atoms with Gasteiger partial charge in [0.05, 0.1) is 16.0 Å². The van der Waals surface area contributed by atoms with Gasteiger partial charge in [0, 0.05) is 12.2 Å². The number of rotatable bonds is 8. The SMILES string of the molecule is Cc1cc(S(=O)(=O)NCC(C)C)ccc1OCC(=O)Nc1cc(C(F)(F)F)cc(C(F)(F)F)c1. The van der Waals surface area contributed by atoms with E-state index < -0.39 is 51.7 Å². The van der Waals surface area contributed by atoms with Crippen LogP contribution in [0.25, 0.3) is 0 Å². The minimum absolute atomic E-state index is 0.0360. The minimum Gasteiger partial charge on any atom is -0.483 e. The zero-order valence-electron chi connectivity index (χ0n) is 18.3. The fourth-order valence-electron chi connectivity index (χ4n) is 2.68. The summed E-state index contributed by atoms with van der Waals surface area (Å²) >= 11 is 0. The first-order valence-corrected chi connectivity index (χ1v) is 11.3. The second kappa shape index (κ2) is 10.2. The Labute approximate surface area is 192 Å². The Morgan fingerprint density at radius 3 is 2.00 bits per heavy atom. The quantitative estimate of drug-likeness (QED) is 0.489. The summed E-state index contributed by atoms with van der Waals surface area (Å²) in [6, 6.07) is 4.54. The van der Waals surface area contributed by atoms with Crippen molar-refractivity contribution in [2.24, 2.45) is 5.92 Å². The number of hydrogen-bond donors (Lipinski definition) is 2. The molecule has 0 saturated heterocycles. The molecule has 0 bridgehead atoms. The molecule has 0 spiro atoms. The summed E-state index contributed by atoms with van der Waals surface area (Å²) in [4.78, 5) is 12.1. The molecule has 0 saturated carbocycles. The van der Waals surface area contributed by atoms with Gasteiger partial charge in [-0.2, -0.15) is 26.3 Å². The standard InChI is InChI=1S/C21H22F6N2O4S/c1-12(2)10-28-34(31,32)17-4-5-18(13(3)6-17)33-11-19(30)29-16-8-14(20(22,23)24)7-15(9-16)21(25,26)27/h4-9,12,28H,10-11H2,1-3H3,(H,29,30). The lowest BCUT2D eigenvalue weighted by molar-refractivity contribution is -0.143. The minimum atomic E-state index is -5.06. The van der Waals surface area contributed by atoms with Gasteiger partial charge in [0.15, 0.2) is 6.61 Å². The monoisotopic (exact) mass is 512 g/mol. The lowest BCUT2D eigenvalue weighted by Crippen LogP contribution is -2.27. The van der Waals surface area contributed by atoms with Crippen molar-refractivity contribution in [2.75, 3.05) is 18.5 Å². The summed E-state index contributed by atoms with van der Waals surface area (Å²) in [6.45, 7) is 4.66. The van der Waals surface area contributed by atoms with Gasteiger partial charge >= 0.3 is 12.4 Å². The molecule has 0 fully saturated rings. The van der Waals surface area contributed by atoms with E-state index in [2.05, 4.69) is 4.72 Å². The Morgan fingerprint density at radius 2 is 1.53 bits per heavy atom. The molecular weight excluding hydrogens is 490 g/mol.